The lowest BCUT2D eigenvalue weighted by atomic mass is 9.80. The minimum atomic E-state index is -1.07. The van der Waals surface area contributed by atoms with Crippen LogP contribution in [0.5, 0.6) is 0 Å². The van der Waals surface area contributed by atoms with Crippen LogP contribution in [0.15, 0.2) is 0 Å². The van der Waals surface area contributed by atoms with Gasteiger partial charge in [-0.25, -0.2) is 4.79 Å². The first-order chi connectivity index (χ1) is 18.5. The Balaban J connectivity index is 1.52. The molecule has 1 saturated heterocycles. The lowest BCUT2D eigenvalue weighted by molar-refractivity contribution is -0.145. The Morgan fingerprint density at radius 3 is 2.10 bits per heavy atom. The van der Waals surface area contributed by atoms with Crippen molar-refractivity contribution < 1.29 is 24.0 Å². The molecule has 3 saturated carbocycles. The van der Waals surface area contributed by atoms with Crippen molar-refractivity contribution in [3.8, 4) is 0 Å². The lowest BCUT2D eigenvalue weighted by Gasteiger charge is -2.39. The minimum Gasteiger partial charge on any atom is -0.363 e. The average molecular weight is 560 g/mol. The normalized spacial score (nSPS) is 28.4. The zero-order chi connectivity index (χ0) is 29.6. The molecule has 5 amide bonds. The highest BCUT2D eigenvalue weighted by Crippen LogP contribution is 2.65. The summed E-state index contributed by atoms with van der Waals surface area (Å²) in [4.78, 5) is 67.0. The van der Waals surface area contributed by atoms with Gasteiger partial charge >= 0.3 is 6.03 Å². The van der Waals surface area contributed by atoms with E-state index in [1.54, 1.807) is 4.90 Å². The van der Waals surface area contributed by atoms with E-state index in [-0.39, 0.29) is 40.6 Å². The third kappa shape index (κ3) is 6.15. The van der Waals surface area contributed by atoms with Crippen LogP contribution in [-0.4, -0.2) is 64.6 Å². The molecule has 10 heteroatoms. The first kappa shape index (κ1) is 30.3. The first-order valence-electron chi connectivity index (χ1n) is 15.1. The fourth-order valence-corrected chi connectivity index (χ4v) is 7.25. The van der Waals surface area contributed by atoms with E-state index in [0.717, 1.165) is 51.4 Å². The fourth-order valence-electron chi connectivity index (χ4n) is 7.25. The smallest absolute Gasteiger partial charge is 0.315 e. The van der Waals surface area contributed by atoms with Crippen LogP contribution in [0.2, 0.25) is 0 Å². The number of hydrogen-bond donors (Lipinski definition) is 4. The summed E-state index contributed by atoms with van der Waals surface area (Å²) < 4.78 is 0. The monoisotopic (exact) mass is 559 g/mol. The summed E-state index contributed by atoms with van der Waals surface area (Å²) in [5.74, 6) is -2.28. The summed E-state index contributed by atoms with van der Waals surface area (Å²) in [7, 11) is 0. The molecule has 1 heterocycles. The quantitative estimate of drug-likeness (QED) is 0.320. The SMILES string of the molecule is CC1(NC(=O)NC(C(=O)N2C[C@H]3[C@@H]([C@H]2C(=O)NC(CC2CCC2)C(=O)C(N)=O)C3(C)C)C(C)(C)C)CCCCC1. The number of urea groups is 1. The number of amides is 5. The van der Waals surface area contributed by atoms with Gasteiger partial charge < -0.3 is 26.6 Å². The average Bonchev–Trinajstić information content (AvgIpc) is 3.14. The second-order valence-electron chi connectivity index (χ2n) is 14.7. The summed E-state index contributed by atoms with van der Waals surface area (Å²) in [5, 5.41) is 8.86. The molecule has 0 bridgehead atoms. The molecular weight excluding hydrogens is 510 g/mol. The number of piperidine rings is 1. The van der Waals surface area contributed by atoms with Gasteiger partial charge in [0.25, 0.3) is 5.91 Å². The molecule has 5 N–H and O–H groups in total. The second kappa shape index (κ2) is 11.0. The van der Waals surface area contributed by atoms with Crippen molar-refractivity contribution in [3.05, 3.63) is 0 Å². The number of likely N-dealkylation sites (tertiary alicyclic amines) is 1. The molecular formula is C30H49N5O5. The predicted molar refractivity (Wildman–Crippen MR) is 151 cm³/mol. The van der Waals surface area contributed by atoms with E-state index >= 15 is 0 Å². The molecule has 4 rings (SSSR count). The van der Waals surface area contributed by atoms with E-state index in [1.165, 1.54) is 0 Å². The molecule has 224 valence electrons. The van der Waals surface area contributed by atoms with E-state index in [2.05, 4.69) is 29.8 Å². The summed E-state index contributed by atoms with van der Waals surface area (Å²) in [6.07, 6.45) is 8.40. The molecule has 4 aliphatic rings. The number of rotatable bonds is 9. The number of ketones is 1. The minimum absolute atomic E-state index is 0.0694. The van der Waals surface area contributed by atoms with Crippen molar-refractivity contribution >= 4 is 29.5 Å². The first-order valence-corrected chi connectivity index (χ1v) is 15.1. The summed E-state index contributed by atoms with van der Waals surface area (Å²) in [6, 6.07) is -3.01. The van der Waals surface area contributed by atoms with Gasteiger partial charge in [0.15, 0.2) is 0 Å². The molecule has 0 aromatic heterocycles. The van der Waals surface area contributed by atoms with E-state index in [4.69, 9.17) is 5.73 Å². The molecule has 40 heavy (non-hydrogen) atoms. The number of Topliss-reactive ketones (excluding diaryl/α,β-unsaturated/α-hetero) is 1. The van der Waals surface area contributed by atoms with Crippen LogP contribution in [0.1, 0.15) is 99.3 Å². The molecule has 0 spiro atoms. The van der Waals surface area contributed by atoms with E-state index < -0.39 is 41.1 Å². The van der Waals surface area contributed by atoms with E-state index in [1.807, 2.05) is 27.7 Å². The van der Waals surface area contributed by atoms with Gasteiger partial charge in [-0.15, -0.1) is 0 Å². The van der Waals surface area contributed by atoms with Gasteiger partial charge in [0, 0.05) is 12.1 Å². The zero-order valence-electron chi connectivity index (χ0n) is 25.1. The van der Waals surface area contributed by atoms with Crippen molar-refractivity contribution in [1.82, 2.24) is 20.9 Å². The Morgan fingerprint density at radius 2 is 1.57 bits per heavy atom. The number of nitrogens with two attached hydrogens (primary N) is 1. The fraction of sp³-hybridized carbons (Fsp3) is 0.833. The van der Waals surface area contributed by atoms with Crippen LogP contribution >= 0.6 is 0 Å². The van der Waals surface area contributed by atoms with Gasteiger partial charge in [-0.3, -0.25) is 19.2 Å². The highest BCUT2D eigenvalue weighted by Gasteiger charge is 2.70. The molecule has 5 atom stereocenters. The standard InChI is InChI=1S/C30H49N5O5/c1-28(2,3)23(33-27(40)34-30(6)13-8-7-9-14-30)26(39)35-16-18-20(29(18,4)5)21(35)25(38)32-19(22(36)24(31)37)15-17-11-10-12-17/h17-21,23H,7-16H2,1-6H3,(H2,31,37)(H,32,38)(H2,33,34,40)/t18-,19?,20-,21-,23?/m0/s1. The Bertz CT molecular complexity index is 1040. The molecule has 0 aromatic carbocycles. The van der Waals surface area contributed by atoms with Crippen LogP contribution in [0.25, 0.3) is 0 Å². The third-order valence-electron chi connectivity index (χ3n) is 10.2. The maximum absolute atomic E-state index is 14.1. The lowest BCUT2D eigenvalue weighted by Crippen LogP contribution is -2.62. The van der Waals surface area contributed by atoms with Gasteiger partial charge in [0.2, 0.25) is 17.6 Å². The Hall–Kier alpha value is -2.65. The maximum Gasteiger partial charge on any atom is 0.315 e. The number of fused-ring (bicyclic) bond motifs is 1. The van der Waals surface area contributed by atoms with Crippen LogP contribution in [-0.2, 0) is 19.2 Å². The molecule has 2 unspecified atom stereocenters. The Morgan fingerprint density at radius 1 is 0.950 bits per heavy atom. The highest BCUT2D eigenvalue weighted by molar-refractivity contribution is 6.37. The van der Waals surface area contributed by atoms with Crippen LogP contribution in [0.4, 0.5) is 4.79 Å². The Labute approximate surface area is 238 Å². The third-order valence-corrected chi connectivity index (χ3v) is 10.2. The Kier molecular flexibility index (Phi) is 8.31. The number of hydrogen-bond acceptors (Lipinski definition) is 5. The molecule has 4 fully saturated rings. The molecule has 1 aliphatic heterocycles. The summed E-state index contributed by atoms with van der Waals surface area (Å²) >= 11 is 0. The van der Waals surface area contributed by atoms with Gasteiger partial charge in [-0.1, -0.05) is 73.1 Å². The zero-order valence-corrected chi connectivity index (χ0v) is 25.1. The van der Waals surface area contributed by atoms with Gasteiger partial charge in [0.05, 0.1) is 6.04 Å². The van der Waals surface area contributed by atoms with E-state index in [0.29, 0.717) is 13.0 Å². The highest BCUT2D eigenvalue weighted by atomic mass is 16.2. The van der Waals surface area contributed by atoms with Crippen LogP contribution < -0.4 is 21.7 Å². The van der Waals surface area contributed by atoms with Gasteiger partial charge in [-0.05, 0) is 54.8 Å². The van der Waals surface area contributed by atoms with Crippen molar-refractivity contribution in [2.24, 2.45) is 34.3 Å². The summed E-state index contributed by atoms with van der Waals surface area (Å²) in [5.41, 5.74) is 4.27. The second-order valence-corrected chi connectivity index (χ2v) is 14.7. The van der Waals surface area contributed by atoms with Crippen LogP contribution in [0, 0.1) is 28.6 Å². The largest absolute Gasteiger partial charge is 0.363 e. The maximum atomic E-state index is 14.1. The number of nitrogens with zero attached hydrogens (tertiary/aromatic N) is 1. The van der Waals surface area contributed by atoms with Crippen molar-refractivity contribution in [2.75, 3.05) is 6.54 Å². The van der Waals surface area contributed by atoms with Crippen molar-refractivity contribution in [2.45, 2.75) is 123 Å². The van der Waals surface area contributed by atoms with Crippen molar-refractivity contribution in [1.29, 1.82) is 0 Å². The number of primary amides is 1. The topological polar surface area (TPSA) is 151 Å². The van der Waals surface area contributed by atoms with Gasteiger partial charge in [0.1, 0.15) is 12.1 Å². The number of nitrogens with one attached hydrogen (secondary N) is 3. The summed E-state index contributed by atoms with van der Waals surface area (Å²) in [6.45, 7) is 12.3. The number of carbonyl (C=O) groups is 5. The van der Waals surface area contributed by atoms with Crippen LogP contribution in [0.3, 0.4) is 0 Å². The van der Waals surface area contributed by atoms with Crippen molar-refractivity contribution in [3.63, 3.8) is 0 Å². The molecule has 0 aromatic rings. The molecule has 10 nitrogen and oxygen atoms in total. The predicted octanol–water partition coefficient (Wildman–Crippen LogP) is 2.64. The van der Waals surface area contributed by atoms with E-state index in [9.17, 15) is 24.0 Å². The molecule has 3 aliphatic carbocycles. The van der Waals surface area contributed by atoms with Gasteiger partial charge in [-0.2, -0.15) is 0 Å². The number of carbonyl (C=O) groups excluding carboxylic acids is 5. The molecule has 0 radical (unpaired) electrons.